The van der Waals surface area contributed by atoms with Gasteiger partial charge >= 0.3 is 0 Å². The quantitative estimate of drug-likeness (QED) is 0.187. The molecule has 2 N–H and O–H groups in total. The molecule has 1 unspecified atom stereocenters. The van der Waals surface area contributed by atoms with Gasteiger partial charge in [0.1, 0.15) is 5.76 Å². The molecule has 7 nitrogen and oxygen atoms in total. The van der Waals surface area contributed by atoms with Gasteiger partial charge in [-0.1, -0.05) is 13.3 Å². The molecule has 184 valence electrons. The highest BCUT2D eigenvalue weighted by Gasteiger charge is 2.24. The van der Waals surface area contributed by atoms with Crippen LogP contribution in [0.15, 0.2) is 27.8 Å². The minimum Gasteiger partial charge on any atom is -0.468 e. The first-order chi connectivity index (χ1) is 15.3. The highest BCUT2D eigenvalue weighted by atomic mass is 127. The number of piperazine rings is 1. The Balaban J connectivity index is 0.00000363. The number of hydrogen-bond acceptors (Lipinski definition) is 5. The second-order valence-electron chi connectivity index (χ2n) is 8.76. The SMILES string of the molecule is CCNC(=NCC(c1ccco1)N1CCCCC1)NCCCCN1CCN(CC)CC1.I. The maximum absolute atomic E-state index is 5.77. The van der Waals surface area contributed by atoms with Gasteiger partial charge in [-0.15, -0.1) is 24.0 Å². The number of furan rings is 1. The molecule has 0 bridgehead atoms. The van der Waals surface area contributed by atoms with Gasteiger partial charge < -0.3 is 24.9 Å². The van der Waals surface area contributed by atoms with Crippen LogP contribution >= 0.6 is 24.0 Å². The zero-order chi connectivity index (χ0) is 21.7. The van der Waals surface area contributed by atoms with E-state index in [-0.39, 0.29) is 30.0 Å². The summed E-state index contributed by atoms with van der Waals surface area (Å²) in [5.41, 5.74) is 0. The Morgan fingerprint density at radius 1 is 1.00 bits per heavy atom. The highest BCUT2D eigenvalue weighted by Crippen LogP contribution is 2.25. The summed E-state index contributed by atoms with van der Waals surface area (Å²) >= 11 is 0. The van der Waals surface area contributed by atoms with Crippen LogP contribution in [0.5, 0.6) is 0 Å². The second-order valence-corrected chi connectivity index (χ2v) is 8.76. The minimum atomic E-state index is 0. The summed E-state index contributed by atoms with van der Waals surface area (Å²) in [4.78, 5) is 12.6. The summed E-state index contributed by atoms with van der Waals surface area (Å²) in [6, 6.07) is 4.31. The van der Waals surface area contributed by atoms with Crippen LogP contribution in [0.25, 0.3) is 0 Å². The average Bonchev–Trinajstić information content (AvgIpc) is 3.34. The molecule has 0 spiro atoms. The monoisotopic (exact) mass is 560 g/mol. The van der Waals surface area contributed by atoms with E-state index >= 15 is 0 Å². The van der Waals surface area contributed by atoms with E-state index < -0.39 is 0 Å². The summed E-state index contributed by atoms with van der Waals surface area (Å²) in [6.07, 6.45) is 8.07. The fourth-order valence-corrected chi connectivity index (χ4v) is 4.61. The average molecular weight is 561 g/mol. The van der Waals surface area contributed by atoms with Crippen molar-refractivity contribution in [1.29, 1.82) is 0 Å². The van der Waals surface area contributed by atoms with Crippen molar-refractivity contribution in [1.82, 2.24) is 25.3 Å². The maximum Gasteiger partial charge on any atom is 0.191 e. The smallest absolute Gasteiger partial charge is 0.191 e. The van der Waals surface area contributed by atoms with Gasteiger partial charge in [-0.3, -0.25) is 9.89 Å². The first-order valence-corrected chi connectivity index (χ1v) is 12.5. The van der Waals surface area contributed by atoms with Crippen LogP contribution in [0, 0.1) is 0 Å². The number of piperidine rings is 1. The zero-order valence-corrected chi connectivity index (χ0v) is 22.6. The largest absolute Gasteiger partial charge is 0.468 e. The van der Waals surface area contributed by atoms with Crippen LogP contribution in [0.1, 0.15) is 57.8 Å². The van der Waals surface area contributed by atoms with E-state index in [2.05, 4.69) is 45.2 Å². The number of aliphatic imine (C=N–C) groups is 1. The Hall–Kier alpha value is -0.840. The fraction of sp³-hybridized carbons (Fsp3) is 0.792. The number of likely N-dealkylation sites (N-methyl/N-ethyl adjacent to an activating group) is 1. The Kier molecular flexibility index (Phi) is 13.6. The van der Waals surface area contributed by atoms with Gasteiger partial charge in [0.15, 0.2) is 5.96 Å². The van der Waals surface area contributed by atoms with Crippen LogP contribution in [0.4, 0.5) is 0 Å². The molecule has 1 aromatic heterocycles. The van der Waals surface area contributed by atoms with Crippen molar-refractivity contribution in [3.05, 3.63) is 24.2 Å². The predicted octanol–water partition coefficient (Wildman–Crippen LogP) is 3.40. The molecule has 2 aliphatic rings. The second kappa shape index (κ2) is 15.9. The third-order valence-electron chi connectivity index (χ3n) is 6.58. The molecule has 0 radical (unpaired) electrons. The van der Waals surface area contributed by atoms with Crippen molar-refractivity contribution in [3.8, 4) is 0 Å². The first-order valence-electron chi connectivity index (χ1n) is 12.5. The van der Waals surface area contributed by atoms with Crippen molar-refractivity contribution in [2.24, 2.45) is 4.99 Å². The number of likely N-dealkylation sites (tertiary alicyclic amines) is 1. The van der Waals surface area contributed by atoms with Crippen LogP contribution < -0.4 is 10.6 Å². The van der Waals surface area contributed by atoms with Crippen molar-refractivity contribution in [3.63, 3.8) is 0 Å². The van der Waals surface area contributed by atoms with Crippen LogP contribution in [-0.2, 0) is 0 Å². The van der Waals surface area contributed by atoms with Crippen molar-refractivity contribution < 1.29 is 4.42 Å². The van der Waals surface area contributed by atoms with Gasteiger partial charge in [0.05, 0.1) is 18.8 Å². The fourth-order valence-electron chi connectivity index (χ4n) is 4.61. The lowest BCUT2D eigenvalue weighted by molar-refractivity contribution is 0.136. The summed E-state index contributed by atoms with van der Waals surface area (Å²) in [5.74, 6) is 1.96. The number of nitrogens with one attached hydrogen (secondary N) is 2. The van der Waals surface area contributed by atoms with E-state index in [1.807, 2.05) is 6.07 Å². The zero-order valence-electron chi connectivity index (χ0n) is 20.2. The molecule has 1 atom stereocenters. The molecule has 0 aliphatic carbocycles. The Morgan fingerprint density at radius 2 is 1.75 bits per heavy atom. The first kappa shape index (κ1) is 27.4. The molecule has 2 aliphatic heterocycles. The number of guanidine groups is 1. The van der Waals surface area contributed by atoms with Gasteiger partial charge in [-0.25, -0.2) is 0 Å². The third-order valence-corrected chi connectivity index (χ3v) is 6.58. The van der Waals surface area contributed by atoms with Crippen LogP contribution in [0.3, 0.4) is 0 Å². The topological polar surface area (TPSA) is 59.3 Å². The third kappa shape index (κ3) is 9.19. The van der Waals surface area contributed by atoms with E-state index in [1.165, 1.54) is 71.4 Å². The molecule has 1 aromatic rings. The van der Waals surface area contributed by atoms with E-state index in [0.29, 0.717) is 0 Å². The maximum atomic E-state index is 5.77. The van der Waals surface area contributed by atoms with E-state index in [9.17, 15) is 0 Å². The van der Waals surface area contributed by atoms with Gasteiger partial charge in [-0.2, -0.15) is 0 Å². The lowest BCUT2D eigenvalue weighted by atomic mass is 10.1. The molecule has 2 saturated heterocycles. The van der Waals surface area contributed by atoms with Crippen molar-refractivity contribution in [2.45, 2.75) is 52.0 Å². The minimum absolute atomic E-state index is 0. The van der Waals surface area contributed by atoms with Gasteiger partial charge in [-0.05, 0) is 70.9 Å². The number of unbranched alkanes of at least 4 members (excludes halogenated alkanes) is 1. The summed E-state index contributed by atoms with van der Waals surface area (Å²) in [5, 5.41) is 6.95. The predicted molar refractivity (Wildman–Crippen MR) is 144 cm³/mol. The molecular formula is C24H45IN6O. The number of hydrogen-bond donors (Lipinski definition) is 2. The summed E-state index contributed by atoms with van der Waals surface area (Å²) < 4.78 is 5.77. The molecular weight excluding hydrogens is 515 g/mol. The molecule has 8 heteroatoms. The number of halogens is 1. The molecule has 0 amide bonds. The Morgan fingerprint density at radius 3 is 2.41 bits per heavy atom. The Bertz CT molecular complexity index is 612. The van der Waals surface area contributed by atoms with Crippen molar-refractivity contribution in [2.75, 3.05) is 72.0 Å². The van der Waals surface area contributed by atoms with E-state index in [0.717, 1.165) is 44.4 Å². The van der Waals surface area contributed by atoms with Crippen LogP contribution in [0.2, 0.25) is 0 Å². The lowest BCUT2D eigenvalue weighted by Crippen LogP contribution is -2.46. The molecule has 3 heterocycles. The number of rotatable bonds is 11. The highest BCUT2D eigenvalue weighted by molar-refractivity contribution is 14.0. The normalized spacial score (nSPS) is 20.0. The summed E-state index contributed by atoms with van der Waals surface area (Å²) in [7, 11) is 0. The molecule has 0 saturated carbocycles. The molecule has 3 rings (SSSR count). The van der Waals surface area contributed by atoms with Gasteiger partial charge in [0, 0.05) is 39.3 Å². The molecule has 0 aromatic carbocycles. The lowest BCUT2D eigenvalue weighted by Gasteiger charge is -2.34. The molecule has 32 heavy (non-hydrogen) atoms. The molecule has 2 fully saturated rings. The Labute approximate surface area is 212 Å². The van der Waals surface area contributed by atoms with Gasteiger partial charge in [0.25, 0.3) is 0 Å². The summed E-state index contributed by atoms with van der Waals surface area (Å²) in [6.45, 7) is 16.5. The van der Waals surface area contributed by atoms with Gasteiger partial charge in [0.2, 0.25) is 0 Å². The van der Waals surface area contributed by atoms with E-state index in [1.54, 1.807) is 6.26 Å². The van der Waals surface area contributed by atoms with Crippen molar-refractivity contribution >= 4 is 29.9 Å². The van der Waals surface area contributed by atoms with E-state index in [4.69, 9.17) is 9.41 Å². The number of nitrogens with zero attached hydrogens (tertiary/aromatic N) is 4. The standard InChI is InChI=1S/C24H44N6O.HI/c1-3-25-24(26-12-6-9-13-29-18-16-28(4-2)17-19-29)27-21-22(23-11-10-20-31-23)30-14-7-5-8-15-30;/h10-11,20,22H,3-9,12-19,21H2,1-2H3,(H2,25,26,27);1H. The van der Waals surface area contributed by atoms with Crippen LogP contribution in [-0.4, -0.2) is 92.7 Å².